The van der Waals surface area contributed by atoms with Gasteiger partial charge in [-0.1, -0.05) is 12.8 Å². The van der Waals surface area contributed by atoms with Gasteiger partial charge in [-0.25, -0.2) is 0 Å². The average molecular weight is 319 g/mol. The molecule has 2 N–H and O–H groups in total. The standard InChI is InChI=1S/C12H19BrN2OS/c1-17-7-5-3-2-4-6-14-12(16)11-8-10(13)9-15-11/h8-9,15H,2-7H2,1H3,(H,14,16). The summed E-state index contributed by atoms with van der Waals surface area (Å²) >= 11 is 5.20. The zero-order valence-corrected chi connectivity index (χ0v) is 12.5. The summed E-state index contributed by atoms with van der Waals surface area (Å²) in [6, 6.07) is 1.79. The highest BCUT2D eigenvalue weighted by atomic mass is 79.9. The number of aromatic amines is 1. The van der Waals surface area contributed by atoms with Crippen LogP contribution in [0.15, 0.2) is 16.7 Å². The Bertz CT molecular complexity index is 341. The van der Waals surface area contributed by atoms with Crippen LogP contribution in [0, 0.1) is 0 Å². The van der Waals surface area contributed by atoms with Gasteiger partial charge in [-0.3, -0.25) is 4.79 Å². The van der Waals surface area contributed by atoms with Gasteiger partial charge in [-0.05, 0) is 46.8 Å². The molecule has 1 amide bonds. The highest BCUT2D eigenvalue weighted by Gasteiger charge is 2.06. The minimum Gasteiger partial charge on any atom is -0.356 e. The maximum atomic E-state index is 11.6. The molecule has 0 radical (unpaired) electrons. The van der Waals surface area contributed by atoms with Crippen LogP contribution in [0.3, 0.4) is 0 Å². The first-order valence-corrected chi connectivity index (χ1v) is 8.04. The van der Waals surface area contributed by atoms with Crippen LogP contribution in [0.4, 0.5) is 0 Å². The van der Waals surface area contributed by atoms with Crippen molar-refractivity contribution in [3.63, 3.8) is 0 Å². The minimum atomic E-state index is -0.0280. The summed E-state index contributed by atoms with van der Waals surface area (Å²) in [5.41, 5.74) is 0.610. The predicted molar refractivity (Wildman–Crippen MR) is 77.7 cm³/mol. The van der Waals surface area contributed by atoms with Crippen LogP contribution in [0.2, 0.25) is 0 Å². The van der Waals surface area contributed by atoms with Crippen LogP contribution in [-0.4, -0.2) is 29.4 Å². The highest BCUT2D eigenvalue weighted by Crippen LogP contribution is 2.10. The Morgan fingerprint density at radius 3 is 2.82 bits per heavy atom. The van der Waals surface area contributed by atoms with E-state index >= 15 is 0 Å². The first-order valence-electron chi connectivity index (χ1n) is 5.85. The number of carbonyl (C=O) groups excluding carboxylic acids is 1. The summed E-state index contributed by atoms with van der Waals surface area (Å²) < 4.78 is 0.903. The summed E-state index contributed by atoms with van der Waals surface area (Å²) in [5, 5.41) is 2.91. The van der Waals surface area contributed by atoms with E-state index in [0.29, 0.717) is 5.69 Å². The van der Waals surface area contributed by atoms with Crippen molar-refractivity contribution in [2.24, 2.45) is 0 Å². The molecule has 0 atom stereocenters. The molecule has 0 saturated carbocycles. The normalized spacial score (nSPS) is 10.5. The fourth-order valence-corrected chi connectivity index (χ4v) is 2.36. The number of H-pyrrole nitrogens is 1. The Kier molecular flexibility index (Phi) is 7.44. The summed E-state index contributed by atoms with van der Waals surface area (Å²) in [7, 11) is 0. The minimum absolute atomic E-state index is 0.0280. The maximum Gasteiger partial charge on any atom is 0.267 e. The van der Waals surface area contributed by atoms with E-state index in [4.69, 9.17) is 0 Å². The first kappa shape index (κ1) is 14.6. The smallest absolute Gasteiger partial charge is 0.267 e. The van der Waals surface area contributed by atoms with Gasteiger partial charge in [-0.2, -0.15) is 11.8 Å². The number of hydrogen-bond donors (Lipinski definition) is 2. The molecule has 0 spiro atoms. The van der Waals surface area contributed by atoms with Gasteiger partial charge in [0, 0.05) is 17.2 Å². The second kappa shape index (κ2) is 8.64. The van der Waals surface area contributed by atoms with Gasteiger partial charge in [-0.15, -0.1) is 0 Å². The molecule has 1 heterocycles. The lowest BCUT2D eigenvalue weighted by Gasteiger charge is -2.03. The van der Waals surface area contributed by atoms with Crippen molar-refractivity contribution in [1.29, 1.82) is 0 Å². The van der Waals surface area contributed by atoms with E-state index in [2.05, 4.69) is 32.5 Å². The molecular weight excluding hydrogens is 300 g/mol. The van der Waals surface area contributed by atoms with E-state index < -0.39 is 0 Å². The van der Waals surface area contributed by atoms with Gasteiger partial charge in [0.05, 0.1) is 0 Å². The van der Waals surface area contributed by atoms with Crippen LogP contribution in [-0.2, 0) is 0 Å². The molecule has 0 unspecified atom stereocenters. The molecule has 0 aromatic carbocycles. The quantitative estimate of drug-likeness (QED) is 0.721. The summed E-state index contributed by atoms with van der Waals surface area (Å²) in [4.78, 5) is 14.5. The molecule has 0 fully saturated rings. The lowest BCUT2D eigenvalue weighted by atomic mass is 10.2. The largest absolute Gasteiger partial charge is 0.356 e. The molecule has 0 saturated heterocycles. The Hall–Kier alpha value is -0.420. The van der Waals surface area contributed by atoms with E-state index in [-0.39, 0.29) is 5.91 Å². The van der Waals surface area contributed by atoms with Gasteiger partial charge in [0.15, 0.2) is 0 Å². The van der Waals surface area contributed by atoms with Crippen molar-refractivity contribution in [2.45, 2.75) is 25.7 Å². The maximum absolute atomic E-state index is 11.6. The number of rotatable bonds is 8. The zero-order chi connectivity index (χ0) is 12.5. The topological polar surface area (TPSA) is 44.9 Å². The molecule has 0 aliphatic heterocycles. The van der Waals surface area contributed by atoms with Crippen molar-refractivity contribution in [2.75, 3.05) is 18.6 Å². The van der Waals surface area contributed by atoms with Crippen LogP contribution in [0.5, 0.6) is 0 Å². The van der Waals surface area contributed by atoms with Crippen LogP contribution >= 0.6 is 27.7 Å². The van der Waals surface area contributed by atoms with Crippen molar-refractivity contribution < 1.29 is 4.79 Å². The van der Waals surface area contributed by atoms with Crippen LogP contribution < -0.4 is 5.32 Å². The monoisotopic (exact) mass is 318 g/mol. The lowest BCUT2D eigenvalue weighted by Crippen LogP contribution is -2.24. The fourth-order valence-electron chi connectivity index (χ4n) is 1.52. The SMILES string of the molecule is CSCCCCCCNC(=O)c1cc(Br)c[nH]1. The van der Waals surface area contributed by atoms with Crippen LogP contribution in [0.1, 0.15) is 36.2 Å². The number of carbonyl (C=O) groups is 1. The van der Waals surface area contributed by atoms with E-state index in [1.54, 1.807) is 12.3 Å². The van der Waals surface area contributed by atoms with Crippen molar-refractivity contribution in [3.05, 3.63) is 22.4 Å². The predicted octanol–water partition coefficient (Wildman–Crippen LogP) is 3.43. The van der Waals surface area contributed by atoms with E-state index in [9.17, 15) is 4.79 Å². The van der Waals surface area contributed by atoms with E-state index in [0.717, 1.165) is 17.4 Å². The molecule has 1 aromatic rings. The summed E-state index contributed by atoms with van der Waals surface area (Å²) in [5.74, 6) is 1.21. The van der Waals surface area contributed by atoms with E-state index in [1.165, 1.54) is 25.0 Å². The van der Waals surface area contributed by atoms with Gasteiger partial charge >= 0.3 is 0 Å². The molecular formula is C12H19BrN2OS. The Labute approximate surface area is 115 Å². The van der Waals surface area contributed by atoms with Crippen molar-refractivity contribution in [1.82, 2.24) is 10.3 Å². The summed E-state index contributed by atoms with van der Waals surface area (Å²) in [6.45, 7) is 0.759. The lowest BCUT2D eigenvalue weighted by molar-refractivity contribution is 0.0948. The Balaban J connectivity index is 2.05. The van der Waals surface area contributed by atoms with Gasteiger partial charge in [0.2, 0.25) is 0 Å². The number of unbranched alkanes of at least 4 members (excludes halogenated alkanes) is 3. The molecule has 1 aromatic heterocycles. The third-order valence-electron chi connectivity index (χ3n) is 2.45. The number of thioether (sulfide) groups is 1. The van der Waals surface area contributed by atoms with Crippen LogP contribution in [0.25, 0.3) is 0 Å². The third kappa shape index (κ3) is 6.17. The number of nitrogens with one attached hydrogen (secondary N) is 2. The second-order valence-electron chi connectivity index (χ2n) is 3.89. The third-order valence-corrected chi connectivity index (χ3v) is 3.61. The molecule has 0 bridgehead atoms. The van der Waals surface area contributed by atoms with Gasteiger partial charge in [0.25, 0.3) is 5.91 Å². The highest BCUT2D eigenvalue weighted by molar-refractivity contribution is 9.10. The van der Waals surface area contributed by atoms with Crippen molar-refractivity contribution in [3.8, 4) is 0 Å². The Morgan fingerprint density at radius 1 is 1.41 bits per heavy atom. The molecule has 3 nitrogen and oxygen atoms in total. The molecule has 17 heavy (non-hydrogen) atoms. The molecule has 96 valence electrons. The number of hydrogen-bond acceptors (Lipinski definition) is 2. The second-order valence-corrected chi connectivity index (χ2v) is 5.80. The Morgan fingerprint density at radius 2 is 2.18 bits per heavy atom. The molecule has 1 rings (SSSR count). The number of aromatic nitrogens is 1. The average Bonchev–Trinajstić information content (AvgIpc) is 2.74. The van der Waals surface area contributed by atoms with Crippen molar-refractivity contribution >= 4 is 33.6 Å². The first-order chi connectivity index (χ1) is 8.24. The zero-order valence-electron chi connectivity index (χ0n) is 10.1. The van der Waals surface area contributed by atoms with E-state index in [1.807, 2.05) is 11.8 Å². The molecule has 0 aliphatic rings. The molecule has 0 aliphatic carbocycles. The fraction of sp³-hybridized carbons (Fsp3) is 0.583. The summed E-state index contributed by atoms with van der Waals surface area (Å²) in [6.07, 6.45) is 8.67. The van der Waals surface area contributed by atoms with Gasteiger partial charge < -0.3 is 10.3 Å². The molecule has 5 heteroatoms. The number of halogens is 1. The number of amides is 1. The van der Waals surface area contributed by atoms with Gasteiger partial charge in [0.1, 0.15) is 5.69 Å².